The van der Waals surface area contributed by atoms with Gasteiger partial charge in [-0.05, 0) is 31.5 Å². The molecule has 0 amide bonds. The molecule has 140 valence electrons. The molecule has 3 aromatic heterocycles. The van der Waals surface area contributed by atoms with Crippen LogP contribution in [0.15, 0.2) is 46.0 Å². The molecule has 0 saturated heterocycles. The minimum absolute atomic E-state index is 0.310. The van der Waals surface area contributed by atoms with Crippen molar-refractivity contribution in [3.05, 3.63) is 57.9 Å². The second-order valence-corrected chi connectivity index (χ2v) is 10.3. The Hall–Kier alpha value is -2.07. The van der Waals surface area contributed by atoms with Gasteiger partial charge >= 0.3 is 0 Å². The quantitative estimate of drug-likeness (QED) is 0.518. The normalized spacial score (nSPS) is 12.1. The Morgan fingerprint density at radius 2 is 1.96 bits per heavy atom. The fraction of sp³-hybridized carbons (Fsp3) is 0.222. The predicted octanol–water partition coefficient (Wildman–Crippen LogP) is 3.66. The molecular formula is C18H18N4O2S3. The van der Waals surface area contributed by atoms with Crippen LogP contribution in [0, 0.1) is 13.8 Å². The Balaban J connectivity index is 1.51. The van der Waals surface area contributed by atoms with Gasteiger partial charge in [-0.25, -0.2) is 17.7 Å². The molecule has 0 aliphatic heterocycles. The molecule has 0 unspecified atom stereocenters. The van der Waals surface area contributed by atoms with Gasteiger partial charge in [-0.3, -0.25) is 0 Å². The van der Waals surface area contributed by atoms with E-state index in [2.05, 4.69) is 14.8 Å². The zero-order chi connectivity index (χ0) is 19.0. The highest BCUT2D eigenvalue weighted by Crippen LogP contribution is 2.24. The number of benzene rings is 1. The Morgan fingerprint density at radius 1 is 1.15 bits per heavy atom. The topological polar surface area (TPSA) is 76.4 Å². The molecule has 9 heteroatoms. The van der Waals surface area contributed by atoms with Gasteiger partial charge in [0.2, 0.25) is 15.0 Å². The van der Waals surface area contributed by atoms with Gasteiger partial charge in [0, 0.05) is 28.8 Å². The minimum Gasteiger partial charge on any atom is -0.210 e. The van der Waals surface area contributed by atoms with E-state index in [-0.39, 0.29) is 0 Å². The van der Waals surface area contributed by atoms with Crippen molar-refractivity contribution in [3.8, 4) is 11.4 Å². The third-order valence-corrected chi connectivity index (χ3v) is 8.01. The highest BCUT2D eigenvalue weighted by molar-refractivity contribution is 7.91. The first-order valence-corrected chi connectivity index (χ1v) is 11.6. The van der Waals surface area contributed by atoms with Crippen molar-refractivity contribution < 1.29 is 8.42 Å². The van der Waals surface area contributed by atoms with Gasteiger partial charge in [-0.15, -0.1) is 27.8 Å². The molecule has 6 nitrogen and oxygen atoms in total. The number of nitrogens with one attached hydrogen (secondary N) is 1. The van der Waals surface area contributed by atoms with Crippen LogP contribution in [-0.4, -0.2) is 29.6 Å². The van der Waals surface area contributed by atoms with E-state index in [9.17, 15) is 8.42 Å². The van der Waals surface area contributed by atoms with Crippen molar-refractivity contribution in [1.82, 2.24) is 19.3 Å². The third kappa shape index (κ3) is 3.68. The summed E-state index contributed by atoms with van der Waals surface area (Å²) in [6.07, 6.45) is 0.542. The first-order valence-electron chi connectivity index (χ1n) is 8.39. The lowest BCUT2D eigenvalue weighted by molar-refractivity contribution is 0.583. The molecule has 0 radical (unpaired) electrons. The van der Waals surface area contributed by atoms with Crippen LogP contribution in [0.25, 0.3) is 16.3 Å². The molecule has 4 rings (SSSR count). The van der Waals surface area contributed by atoms with Gasteiger partial charge in [-0.2, -0.15) is 4.98 Å². The van der Waals surface area contributed by atoms with E-state index < -0.39 is 10.0 Å². The Kier molecular flexibility index (Phi) is 4.85. The number of sulfonamides is 1. The molecular weight excluding hydrogens is 400 g/mol. The molecule has 1 aromatic carbocycles. The molecule has 0 bridgehead atoms. The Morgan fingerprint density at radius 3 is 2.70 bits per heavy atom. The van der Waals surface area contributed by atoms with Crippen LogP contribution >= 0.6 is 22.7 Å². The van der Waals surface area contributed by atoms with E-state index in [1.807, 2.05) is 49.6 Å². The number of aryl methyl sites for hydroxylation is 2. The molecule has 0 fully saturated rings. The molecule has 0 aliphatic rings. The zero-order valence-electron chi connectivity index (χ0n) is 14.8. The summed E-state index contributed by atoms with van der Waals surface area (Å²) in [7, 11) is -3.46. The average molecular weight is 419 g/mol. The summed E-state index contributed by atoms with van der Waals surface area (Å²) in [5.74, 6) is 0.691. The maximum atomic E-state index is 12.3. The lowest BCUT2D eigenvalue weighted by Gasteiger charge is -2.04. The van der Waals surface area contributed by atoms with Crippen molar-refractivity contribution in [2.75, 3.05) is 6.54 Å². The van der Waals surface area contributed by atoms with Crippen LogP contribution in [0.3, 0.4) is 0 Å². The highest BCUT2D eigenvalue weighted by Gasteiger charge is 2.17. The number of hydrogen-bond acceptors (Lipinski definition) is 6. The van der Waals surface area contributed by atoms with Crippen molar-refractivity contribution in [2.24, 2.45) is 0 Å². The van der Waals surface area contributed by atoms with Gasteiger partial charge < -0.3 is 0 Å². The van der Waals surface area contributed by atoms with E-state index in [0.717, 1.165) is 26.7 Å². The van der Waals surface area contributed by atoms with Crippen LogP contribution in [0.1, 0.15) is 16.1 Å². The number of aromatic nitrogens is 3. The number of thiazole rings is 1. The highest BCUT2D eigenvalue weighted by atomic mass is 32.2. The van der Waals surface area contributed by atoms with Gasteiger partial charge in [0.05, 0.1) is 5.69 Å². The number of hydrogen-bond donors (Lipinski definition) is 1. The predicted molar refractivity (Wildman–Crippen MR) is 109 cm³/mol. The van der Waals surface area contributed by atoms with Crippen molar-refractivity contribution in [1.29, 1.82) is 0 Å². The van der Waals surface area contributed by atoms with Crippen molar-refractivity contribution >= 4 is 37.7 Å². The van der Waals surface area contributed by atoms with Crippen LogP contribution in [0.5, 0.6) is 0 Å². The smallest absolute Gasteiger partial charge is 0.210 e. The van der Waals surface area contributed by atoms with E-state index in [1.54, 1.807) is 10.6 Å². The van der Waals surface area contributed by atoms with Gasteiger partial charge in [0.25, 0.3) is 0 Å². The molecule has 0 aliphatic carbocycles. The summed E-state index contributed by atoms with van der Waals surface area (Å²) in [5, 5.41) is 6.59. The van der Waals surface area contributed by atoms with Crippen LogP contribution in [0.2, 0.25) is 0 Å². The minimum atomic E-state index is -3.46. The number of thiophene rings is 1. The summed E-state index contributed by atoms with van der Waals surface area (Å²) >= 11 is 2.78. The third-order valence-electron chi connectivity index (χ3n) is 4.19. The lowest BCUT2D eigenvalue weighted by Crippen LogP contribution is -2.25. The largest absolute Gasteiger partial charge is 0.250 e. The molecule has 4 aromatic rings. The van der Waals surface area contributed by atoms with Crippen LogP contribution < -0.4 is 4.72 Å². The Labute approximate surface area is 165 Å². The molecule has 0 saturated carbocycles. The van der Waals surface area contributed by atoms with E-state index in [1.165, 1.54) is 22.7 Å². The summed E-state index contributed by atoms with van der Waals surface area (Å²) in [6, 6.07) is 11.4. The zero-order valence-corrected chi connectivity index (χ0v) is 17.3. The van der Waals surface area contributed by atoms with Gasteiger partial charge in [-0.1, -0.05) is 24.3 Å². The van der Waals surface area contributed by atoms with Crippen LogP contribution in [-0.2, 0) is 16.4 Å². The van der Waals surface area contributed by atoms with E-state index >= 15 is 0 Å². The fourth-order valence-electron chi connectivity index (χ4n) is 2.78. The standard InChI is InChI=1S/C18H18N4O2S3/c1-12-5-3-4-6-15(12)17-20-18-22(21-17)14(11-25-18)9-10-19-27(23,24)16-8-7-13(2)26-16/h3-8,11,19H,9-10H2,1-2H3. The second kappa shape index (κ2) is 7.16. The summed E-state index contributed by atoms with van der Waals surface area (Å²) < 4.78 is 29.5. The lowest BCUT2D eigenvalue weighted by atomic mass is 10.1. The molecule has 27 heavy (non-hydrogen) atoms. The first kappa shape index (κ1) is 18.3. The van der Waals surface area contributed by atoms with Crippen molar-refractivity contribution in [2.45, 2.75) is 24.5 Å². The SMILES string of the molecule is Cc1ccc(S(=O)(=O)NCCc2csc3nc(-c4ccccc4C)nn23)s1. The molecule has 1 N–H and O–H groups in total. The summed E-state index contributed by atoms with van der Waals surface area (Å²) in [5.41, 5.74) is 3.07. The van der Waals surface area contributed by atoms with Crippen molar-refractivity contribution in [3.63, 3.8) is 0 Å². The van der Waals surface area contributed by atoms with Gasteiger partial charge in [0.1, 0.15) is 4.21 Å². The van der Waals surface area contributed by atoms with E-state index in [0.29, 0.717) is 23.0 Å². The van der Waals surface area contributed by atoms with E-state index in [4.69, 9.17) is 0 Å². The van der Waals surface area contributed by atoms with Gasteiger partial charge in [0.15, 0.2) is 5.82 Å². The number of fused-ring (bicyclic) bond motifs is 1. The Bertz CT molecular complexity index is 1200. The monoisotopic (exact) mass is 418 g/mol. The molecule has 0 atom stereocenters. The average Bonchev–Trinajstić information content (AvgIpc) is 3.32. The number of nitrogens with zero attached hydrogens (tertiary/aromatic N) is 3. The number of rotatable bonds is 6. The molecule has 0 spiro atoms. The maximum Gasteiger partial charge on any atom is 0.250 e. The maximum absolute atomic E-state index is 12.3. The van der Waals surface area contributed by atoms with Crippen LogP contribution in [0.4, 0.5) is 0 Å². The second-order valence-electron chi connectivity index (χ2n) is 6.18. The fourth-order valence-corrected chi connectivity index (χ4v) is 5.99. The first-order chi connectivity index (χ1) is 12.9. The molecule has 3 heterocycles. The summed E-state index contributed by atoms with van der Waals surface area (Å²) in [6.45, 7) is 4.24. The summed E-state index contributed by atoms with van der Waals surface area (Å²) in [4.78, 5) is 6.38.